The first-order valence-electron chi connectivity index (χ1n) is 6.92. The topological polar surface area (TPSA) is 56.7 Å². The van der Waals surface area contributed by atoms with E-state index in [0.29, 0.717) is 24.3 Å². The molecular weight excluding hydrogens is 255 g/mol. The highest BCUT2D eigenvalue weighted by Crippen LogP contribution is 2.11. The van der Waals surface area contributed by atoms with E-state index < -0.39 is 0 Å². The maximum Gasteiger partial charge on any atom is 0.138 e. The van der Waals surface area contributed by atoms with Gasteiger partial charge in [0.15, 0.2) is 0 Å². The van der Waals surface area contributed by atoms with Gasteiger partial charge in [-0.1, -0.05) is 32.0 Å². The van der Waals surface area contributed by atoms with Crippen LogP contribution in [-0.2, 0) is 19.4 Å². The normalized spacial score (nSPS) is 12.8. The average molecular weight is 276 g/mol. The van der Waals surface area contributed by atoms with Crippen molar-refractivity contribution >= 4 is 0 Å². The Kier molecular flexibility index (Phi) is 4.84. The Bertz CT molecular complexity index is 550. The van der Waals surface area contributed by atoms with E-state index in [0.717, 1.165) is 12.4 Å². The average Bonchev–Trinajstić information content (AvgIpc) is 2.78. The highest BCUT2D eigenvalue weighted by Gasteiger charge is 2.13. The smallest absolute Gasteiger partial charge is 0.138 e. The summed E-state index contributed by atoms with van der Waals surface area (Å²) in [6.45, 7) is 5.08. The molecule has 2 N–H and O–H groups in total. The molecular formula is C15H21FN4. The number of hydrogen-bond donors (Lipinski definition) is 1. The van der Waals surface area contributed by atoms with E-state index in [1.165, 1.54) is 6.07 Å². The van der Waals surface area contributed by atoms with Gasteiger partial charge in [0.1, 0.15) is 18.0 Å². The minimum atomic E-state index is -0.202. The maximum absolute atomic E-state index is 13.6. The summed E-state index contributed by atoms with van der Waals surface area (Å²) in [6, 6.07) is 6.58. The molecule has 1 aromatic carbocycles. The lowest BCUT2D eigenvalue weighted by atomic mass is 10.0. The molecule has 0 aliphatic rings. The van der Waals surface area contributed by atoms with Crippen LogP contribution in [0.15, 0.2) is 30.6 Å². The SMILES string of the molecule is CC(C)Cn1ncnc1CC(N)Cc1ccccc1F. The van der Waals surface area contributed by atoms with Gasteiger partial charge in [-0.15, -0.1) is 0 Å². The van der Waals surface area contributed by atoms with Crippen LogP contribution in [0.3, 0.4) is 0 Å². The van der Waals surface area contributed by atoms with Gasteiger partial charge >= 0.3 is 0 Å². The minimum Gasteiger partial charge on any atom is -0.327 e. The van der Waals surface area contributed by atoms with Crippen molar-refractivity contribution in [3.8, 4) is 0 Å². The standard InChI is InChI=1S/C15H21FN4/c1-11(2)9-20-15(18-10-19-20)8-13(17)7-12-5-3-4-6-14(12)16/h3-6,10-11,13H,7-9,17H2,1-2H3. The zero-order chi connectivity index (χ0) is 14.5. The molecule has 0 saturated carbocycles. The molecule has 1 unspecified atom stereocenters. The third-order valence-electron chi connectivity index (χ3n) is 3.12. The number of benzene rings is 1. The van der Waals surface area contributed by atoms with Crippen LogP contribution in [0.1, 0.15) is 25.2 Å². The van der Waals surface area contributed by atoms with Crippen LogP contribution in [-0.4, -0.2) is 20.8 Å². The van der Waals surface area contributed by atoms with Crippen molar-refractivity contribution in [3.05, 3.63) is 47.8 Å². The van der Waals surface area contributed by atoms with Crippen LogP contribution in [0, 0.1) is 11.7 Å². The van der Waals surface area contributed by atoms with Gasteiger partial charge in [-0.25, -0.2) is 14.1 Å². The summed E-state index contributed by atoms with van der Waals surface area (Å²) in [7, 11) is 0. The van der Waals surface area contributed by atoms with Gasteiger partial charge in [-0.05, 0) is 24.0 Å². The first kappa shape index (κ1) is 14.7. The molecule has 108 valence electrons. The molecule has 0 radical (unpaired) electrons. The Morgan fingerprint density at radius 3 is 2.70 bits per heavy atom. The van der Waals surface area contributed by atoms with Gasteiger partial charge in [0.05, 0.1) is 0 Å². The number of rotatable bonds is 6. The fourth-order valence-corrected chi connectivity index (χ4v) is 2.20. The fourth-order valence-electron chi connectivity index (χ4n) is 2.20. The molecule has 0 saturated heterocycles. The summed E-state index contributed by atoms with van der Waals surface area (Å²) in [5.41, 5.74) is 6.77. The molecule has 20 heavy (non-hydrogen) atoms. The largest absolute Gasteiger partial charge is 0.327 e. The Hall–Kier alpha value is -1.75. The van der Waals surface area contributed by atoms with Gasteiger partial charge < -0.3 is 5.73 Å². The van der Waals surface area contributed by atoms with Crippen LogP contribution < -0.4 is 5.73 Å². The van der Waals surface area contributed by atoms with Gasteiger partial charge in [0.25, 0.3) is 0 Å². The van der Waals surface area contributed by atoms with Crippen molar-refractivity contribution in [2.45, 2.75) is 39.3 Å². The number of nitrogens with zero attached hydrogens (tertiary/aromatic N) is 3. The summed E-state index contributed by atoms with van der Waals surface area (Å²) in [4.78, 5) is 4.25. The van der Waals surface area contributed by atoms with Crippen LogP contribution in [0.2, 0.25) is 0 Å². The quantitative estimate of drug-likeness (QED) is 0.880. The van der Waals surface area contributed by atoms with E-state index in [-0.39, 0.29) is 11.9 Å². The van der Waals surface area contributed by atoms with Crippen LogP contribution >= 0.6 is 0 Å². The first-order valence-corrected chi connectivity index (χ1v) is 6.92. The third-order valence-corrected chi connectivity index (χ3v) is 3.12. The van der Waals surface area contributed by atoms with Crippen molar-refractivity contribution in [2.24, 2.45) is 11.7 Å². The maximum atomic E-state index is 13.6. The van der Waals surface area contributed by atoms with E-state index in [9.17, 15) is 4.39 Å². The lowest BCUT2D eigenvalue weighted by Crippen LogP contribution is -2.28. The number of nitrogens with two attached hydrogens (primary N) is 1. The van der Waals surface area contributed by atoms with Crippen molar-refractivity contribution in [3.63, 3.8) is 0 Å². The lowest BCUT2D eigenvalue weighted by molar-refractivity contribution is 0.457. The monoisotopic (exact) mass is 276 g/mol. The molecule has 0 amide bonds. The van der Waals surface area contributed by atoms with Gasteiger partial charge in [0.2, 0.25) is 0 Å². The molecule has 4 nitrogen and oxygen atoms in total. The molecule has 2 rings (SSSR count). The minimum absolute atomic E-state index is 0.165. The van der Waals surface area contributed by atoms with E-state index >= 15 is 0 Å². The van der Waals surface area contributed by atoms with E-state index in [4.69, 9.17) is 5.73 Å². The molecule has 1 atom stereocenters. The Labute approximate surface area is 118 Å². The number of hydrogen-bond acceptors (Lipinski definition) is 3. The van der Waals surface area contributed by atoms with Crippen LogP contribution in [0.4, 0.5) is 4.39 Å². The highest BCUT2D eigenvalue weighted by molar-refractivity contribution is 5.18. The number of halogens is 1. The molecule has 5 heteroatoms. The summed E-state index contributed by atoms with van der Waals surface area (Å²) in [5, 5.41) is 4.21. The molecule has 1 heterocycles. The highest BCUT2D eigenvalue weighted by atomic mass is 19.1. The van der Waals surface area contributed by atoms with Gasteiger partial charge in [-0.2, -0.15) is 5.10 Å². The number of aromatic nitrogens is 3. The Morgan fingerprint density at radius 2 is 2.00 bits per heavy atom. The van der Waals surface area contributed by atoms with Crippen molar-refractivity contribution in [1.82, 2.24) is 14.8 Å². The summed E-state index contributed by atoms with van der Waals surface area (Å²) < 4.78 is 15.5. The molecule has 0 aliphatic carbocycles. The molecule has 0 aliphatic heterocycles. The molecule has 2 aromatic rings. The predicted molar refractivity (Wildman–Crippen MR) is 76.6 cm³/mol. The summed E-state index contributed by atoms with van der Waals surface area (Å²) in [5.74, 6) is 1.16. The predicted octanol–water partition coefficient (Wildman–Crippen LogP) is 2.19. The second-order valence-corrected chi connectivity index (χ2v) is 5.51. The van der Waals surface area contributed by atoms with E-state index in [1.807, 2.05) is 10.7 Å². The first-order chi connectivity index (χ1) is 9.56. The second kappa shape index (κ2) is 6.61. The summed E-state index contributed by atoms with van der Waals surface area (Å²) >= 11 is 0. The molecule has 0 spiro atoms. The van der Waals surface area contributed by atoms with Crippen molar-refractivity contribution in [2.75, 3.05) is 0 Å². The zero-order valence-electron chi connectivity index (χ0n) is 12.0. The van der Waals surface area contributed by atoms with Gasteiger partial charge in [0, 0.05) is 19.0 Å². The Morgan fingerprint density at radius 1 is 1.25 bits per heavy atom. The van der Waals surface area contributed by atoms with Crippen molar-refractivity contribution in [1.29, 1.82) is 0 Å². The molecule has 0 fully saturated rings. The van der Waals surface area contributed by atoms with E-state index in [2.05, 4.69) is 23.9 Å². The fraction of sp³-hybridized carbons (Fsp3) is 0.467. The zero-order valence-corrected chi connectivity index (χ0v) is 12.0. The lowest BCUT2D eigenvalue weighted by Gasteiger charge is -2.13. The third kappa shape index (κ3) is 3.87. The van der Waals surface area contributed by atoms with E-state index in [1.54, 1.807) is 18.5 Å². The van der Waals surface area contributed by atoms with Crippen LogP contribution in [0.25, 0.3) is 0 Å². The summed E-state index contributed by atoms with van der Waals surface area (Å²) in [6.07, 6.45) is 2.65. The second-order valence-electron chi connectivity index (χ2n) is 5.51. The Balaban J connectivity index is 2.00. The van der Waals surface area contributed by atoms with Crippen molar-refractivity contribution < 1.29 is 4.39 Å². The van der Waals surface area contributed by atoms with Gasteiger partial charge in [-0.3, -0.25) is 0 Å². The van der Waals surface area contributed by atoms with Crippen LogP contribution in [0.5, 0.6) is 0 Å². The molecule has 1 aromatic heterocycles. The molecule has 0 bridgehead atoms.